The van der Waals surface area contributed by atoms with Crippen LogP contribution in [0.2, 0.25) is 0 Å². The van der Waals surface area contributed by atoms with Crippen LogP contribution in [0.25, 0.3) is 0 Å². The van der Waals surface area contributed by atoms with Gasteiger partial charge in [0.2, 0.25) is 0 Å². The Hall–Kier alpha value is -0.350. The lowest BCUT2D eigenvalue weighted by atomic mass is 10.0. The Morgan fingerprint density at radius 3 is 1.59 bits per heavy atom. The standard InChI is InChI=1S/C13H22.C2H6.CH5P/c1-7-13(11(4)5)9-8-12(6)10(2)3;2*1-2/h7-11H,1H2,2-6H3;1-2H3;2H2,1H3/b12-8+,13-9+;;. The van der Waals surface area contributed by atoms with Crippen molar-refractivity contribution in [2.75, 3.05) is 6.66 Å². The van der Waals surface area contributed by atoms with Crippen molar-refractivity contribution in [2.45, 2.75) is 48.5 Å². The first kappa shape index (κ1) is 21.9. The largest absolute Gasteiger partial charge is 0.141 e. The van der Waals surface area contributed by atoms with Gasteiger partial charge >= 0.3 is 0 Å². The summed E-state index contributed by atoms with van der Waals surface area (Å²) >= 11 is 0. The summed E-state index contributed by atoms with van der Waals surface area (Å²) in [5, 5.41) is 0. The fourth-order valence-electron chi connectivity index (χ4n) is 0.916. The first-order valence-electron chi connectivity index (χ1n) is 6.57. The van der Waals surface area contributed by atoms with Crippen LogP contribution in [0, 0.1) is 11.8 Å². The number of hydrogen-bond acceptors (Lipinski definition) is 0. The highest BCUT2D eigenvalue weighted by molar-refractivity contribution is 7.15. The van der Waals surface area contributed by atoms with E-state index in [1.54, 1.807) is 0 Å². The molecule has 102 valence electrons. The normalized spacial score (nSPS) is 11.5. The molecule has 1 heteroatoms. The van der Waals surface area contributed by atoms with Crippen LogP contribution in [0.1, 0.15) is 48.5 Å². The molecule has 0 aliphatic heterocycles. The van der Waals surface area contributed by atoms with Crippen molar-refractivity contribution in [1.82, 2.24) is 0 Å². The summed E-state index contributed by atoms with van der Waals surface area (Å²) in [5.41, 5.74) is 2.72. The van der Waals surface area contributed by atoms with Crippen LogP contribution >= 0.6 is 9.24 Å². The summed E-state index contributed by atoms with van der Waals surface area (Å²) in [6.45, 7) is 20.7. The van der Waals surface area contributed by atoms with Gasteiger partial charge in [-0.25, -0.2) is 0 Å². The van der Waals surface area contributed by atoms with Crippen LogP contribution < -0.4 is 0 Å². The fraction of sp³-hybridized carbons (Fsp3) is 0.625. The van der Waals surface area contributed by atoms with Gasteiger partial charge in [-0.05, 0) is 24.3 Å². The molecule has 17 heavy (non-hydrogen) atoms. The van der Waals surface area contributed by atoms with E-state index < -0.39 is 0 Å². The highest BCUT2D eigenvalue weighted by atomic mass is 31.0. The minimum absolute atomic E-state index is 0.564. The molecule has 0 bridgehead atoms. The van der Waals surface area contributed by atoms with Gasteiger partial charge in [-0.3, -0.25) is 0 Å². The molecule has 0 saturated carbocycles. The molecule has 0 amide bonds. The van der Waals surface area contributed by atoms with Gasteiger partial charge in [0.15, 0.2) is 0 Å². The van der Waals surface area contributed by atoms with Gasteiger partial charge in [0, 0.05) is 0 Å². The van der Waals surface area contributed by atoms with Crippen LogP contribution in [0.15, 0.2) is 36.0 Å². The van der Waals surface area contributed by atoms with Crippen LogP contribution in [-0.2, 0) is 0 Å². The molecule has 1 unspecified atom stereocenters. The fourth-order valence-corrected chi connectivity index (χ4v) is 0.916. The molecular formula is C16H33P. The zero-order chi connectivity index (χ0) is 14.4. The lowest BCUT2D eigenvalue weighted by Crippen LogP contribution is -1.91. The Labute approximate surface area is 112 Å². The second-order valence-electron chi connectivity index (χ2n) is 4.09. The SMILES string of the molecule is C=C/C(=C\C=C(/C)C(C)C)C(C)C.CC.CP. The Morgan fingerprint density at radius 1 is 0.941 bits per heavy atom. The van der Waals surface area contributed by atoms with E-state index >= 15 is 0 Å². The van der Waals surface area contributed by atoms with Gasteiger partial charge in [-0.15, -0.1) is 9.24 Å². The average molecular weight is 256 g/mol. The van der Waals surface area contributed by atoms with Gasteiger partial charge in [0.05, 0.1) is 0 Å². The minimum atomic E-state index is 0.564. The topological polar surface area (TPSA) is 0 Å². The van der Waals surface area contributed by atoms with Gasteiger partial charge in [-0.1, -0.05) is 78.6 Å². The molecule has 0 aromatic carbocycles. The van der Waals surface area contributed by atoms with E-state index in [1.165, 1.54) is 11.1 Å². The molecule has 0 saturated heterocycles. The number of allylic oxidation sites excluding steroid dienone is 5. The maximum absolute atomic E-state index is 3.81. The summed E-state index contributed by atoms with van der Waals surface area (Å²) in [6, 6.07) is 0. The Bertz CT molecular complexity index is 220. The molecule has 0 N–H and O–H groups in total. The third-order valence-corrected chi connectivity index (χ3v) is 2.35. The van der Waals surface area contributed by atoms with Crippen molar-refractivity contribution >= 4 is 9.24 Å². The molecule has 0 aromatic rings. The lowest BCUT2D eigenvalue weighted by Gasteiger charge is -2.06. The first-order chi connectivity index (χ1) is 7.99. The predicted octanol–water partition coefficient (Wildman–Crippen LogP) is 5.87. The van der Waals surface area contributed by atoms with Gasteiger partial charge in [0.1, 0.15) is 0 Å². The minimum Gasteiger partial charge on any atom is -0.141 e. The third kappa shape index (κ3) is 13.6. The molecule has 0 rings (SSSR count). The van der Waals surface area contributed by atoms with E-state index in [4.69, 9.17) is 0 Å². The first-order valence-corrected chi connectivity index (χ1v) is 7.73. The molecule has 0 aromatic heterocycles. The Kier molecular flexibility index (Phi) is 20.1. The van der Waals surface area contributed by atoms with Crippen molar-refractivity contribution in [2.24, 2.45) is 11.8 Å². The zero-order valence-corrected chi connectivity index (χ0v) is 14.3. The number of rotatable bonds is 4. The summed E-state index contributed by atoms with van der Waals surface area (Å²) in [7, 11) is 2.42. The highest BCUT2D eigenvalue weighted by Crippen LogP contribution is 2.13. The van der Waals surface area contributed by atoms with Crippen LogP contribution in [0.3, 0.4) is 0 Å². The summed E-state index contributed by atoms with van der Waals surface area (Å²) in [5.74, 6) is 1.20. The van der Waals surface area contributed by atoms with Crippen molar-refractivity contribution < 1.29 is 0 Å². The molecule has 0 aliphatic carbocycles. The Morgan fingerprint density at radius 2 is 1.35 bits per heavy atom. The summed E-state index contributed by atoms with van der Waals surface area (Å²) in [6.07, 6.45) is 6.31. The maximum Gasteiger partial charge on any atom is -0.0219 e. The zero-order valence-electron chi connectivity index (χ0n) is 13.2. The maximum atomic E-state index is 3.81. The van der Waals surface area contributed by atoms with Gasteiger partial charge in [-0.2, -0.15) is 0 Å². The number of hydrogen-bond donors (Lipinski definition) is 0. The van der Waals surface area contributed by atoms with Crippen molar-refractivity contribution in [1.29, 1.82) is 0 Å². The van der Waals surface area contributed by atoms with Gasteiger partial charge < -0.3 is 0 Å². The highest BCUT2D eigenvalue weighted by Gasteiger charge is 1.97. The van der Waals surface area contributed by atoms with E-state index in [1.807, 2.05) is 26.6 Å². The summed E-state index contributed by atoms with van der Waals surface area (Å²) < 4.78 is 0. The second-order valence-corrected chi connectivity index (χ2v) is 4.09. The molecule has 1 atom stereocenters. The predicted molar refractivity (Wildman–Crippen MR) is 88.7 cm³/mol. The molecular weight excluding hydrogens is 223 g/mol. The molecule has 0 fully saturated rings. The Balaban J connectivity index is -0.000000439. The summed E-state index contributed by atoms with van der Waals surface area (Å²) in [4.78, 5) is 0. The molecule has 0 aliphatic rings. The lowest BCUT2D eigenvalue weighted by molar-refractivity contribution is 0.766. The van der Waals surface area contributed by atoms with Crippen LogP contribution in [0.4, 0.5) is 0 Å². The molecule has 0 radical (unpaired) electrons. The van der Waals surface area contributed by atoms with Crippen LogP contribution in [0.5, 0.6) is 0 Å². The van der Waals surface area contributed by atoms with E-state index in [0.29, 0.717) is 11.8 Å². The van der Waals surface area contributed by atoms with E-state index in [2.05, 4.69) is 62.6 Å². The third-order valence-electron chi connectivity index (χ3n) is 2.35. The second kappa shape index (κ2) is 15.6. The van der Waals surface area contributed by atoms with Crippen LogP contribution in [-0.4, -0.2) is 6.66 Å². The molecule has 0 spiro atoms. The van der Waals surface area contributed by atoms with Crippen molar-refractivity contribution in [3.05, 3.63) is 36.0 Å². The van der Waals surface area contributed by atoms with Crippen molar-refractivity contribution in [3.8, 4) is 0 Å². The smallest absolute Gasteiger partial charge is 0.0219 e. The molecule has 0 heterocycles. The van der Waals surface area contributed by atoms with E-state index in [9.17, 15) is 0 Å². The average Bonchev–Trinajstić information content (AvgIpc) is 2.34. The molecule has 0 nitrogen and oxygen atoms in total. The quantitative estimate of drug-likeness (QED) is 0.435. The van der Waals surface area contributed by atoms with E-state index in [0.717, 1.165) is 0 Å². The van der Waals surface area contributed by atoms with E-state index in [-0.39, 0.29) is 0 Å². The monoisotopic (exact) mass is 256 g/mol. The van der Waals surface area contributed by atoms with Gasteiger partial charge in [0.25, 0.3) is 0 Å². The van der Waals surface area contributed by atoms with Crippen molar-refractivity contribution in [3.63, 3.8) is 0 Å².